The Bertz CT molecular complexity index is 412. The predicted octanol–water partition coefficient (Wildman–Crippen LogP) is 2.17. The Hall–Kier alpha value is -1.35. The van der Waals surface area contributed by atoms with Crippen molar-refractivity contribution in [3.8, 4) is 0 Å². The van der Waals surface area contributed by atoms with E-state index in [1.807, 2.05) is 19.1 Å². The van der Waals surface area contributed by atoms with Gasteiger partial charge in [-0.25, -0.2) is 4.79 Å². The predicted molar refractivity (Wildman–Crippen MR) is 60.2 cm³/mol. The number of methoxy groups -OCH3 is 1. The minimum absolute atomic E-state index is 0.0534. The molecule has 0 saturated carbocycles. The van der Waals surface area contributed by atoms with E-state index in [4.69, 9.17) is 9.47 Å². The molecule has 1 unspecified atom stereocenters. The zero-order chi connectivity index (χ0) is 11.7. The van der Waals surface area contributed by atoms with E-state index in [-0.39, 0.29) is 12.1 Å². The molecule has 0 N–H and O–H groups in total. The fourth-order valence-corrected chi connectivity index (χ4v) is 2.18. The third kappa shape index (κ3) is 1.83. The van der Waals surface area contributed by atoms with Crippen molar-refractivity contribution in [2.24, 2.45) is 0 Å². The first-order valence-electron chi connectivity index (χ1n) is 5.45. The van der Waals surface area contributed by atoms with Crippen LogP contribution in [0.4, 0.5) is 0 Å². The van der Waals surface area contributed by atoms with Crippen LogP contribution in [0.25, 0.3) is 0 Å². The summed E-state index contributed by atoms with van der Waals surface area (Å²) in [5, 5.41) is 0. The van der Waals surface area contributed by atoms with Gasteiger partial charge in [0.25, 0.3) is 0 Å². The Morgan fingerprint density at radius 1 is 1.50 bits per heavy atom. The molecule has 1 heterocycles. The largest absolute Gasteiger partial charge is 0.467 e. The summed E-state index contributed by atoms with van der Waals surface area (Å²) in [4.78, 5) is 11.6. The molecule has 2 rings (SSSR count). The average Bonchev–Trinajstić information content (AvgIpc) is 2.28. The molecule has 0 radical (unpaired) electrons. The maximum Gasteiger partial charge on any atom is 0.339 e. The van der Waals surface area contributed by atoms with Gasteiger partial charge in [-0.05, 0) is 37.0 Å². The molecule has 16 heavy (non-hydrogen) atoms. The molecule has 3 heteroatoms. The maximum absolute atomic E-state index is 11.6. The molecule has 1 aliphatic heterocycles. The first-order valence-corrected chi connectivity index (χ1v) is 5.45. The van der Waals surface area contributed by atoms with Crippen LogP contribution in [0.2, 0.25) is 0 Å². The Labute approximate surface area is 95.4 Å². The molecule has 1 aromatic rings. The maximum atomic E-state index is 11.6. The highest BCUT2D eigenvalue weighted by Crippen LogP contribution is 2.32. The zero-order valence-electron chi connectivity index (χ0n) is 9.82. The lowest BCUT2D eigenvalue weighted by Crippen LogP contribution is -2.29. The molecule has 0 spiro atoms. The molecule has 0 aromatic heterocycles. The van der Waals surface area contributed by atoms with Gasteiger partial charge in [0.1, 0.15) is 0 Å². The Kier molecular flexibility index (Phi) is 2.97. The van der Waals surface area contributed by atoms with E-state index in [0.29, 0.717) is 0 Å². The summed E-state index contributed by atoms with van der Waals surface area (Å²) in [6.07, 6.45) is 0.344. The van der Waals surface area contributed by atoms with Gasteiger partial charge in [0.05, 0.1) is 13.2 Å². The van der Waals surface area contributed by atoms with Gasteiger partial charge in [0.2, 0.25) is 0 Å². The van der Waals surface area contributed by atoms with E-state index in [2.05, 4.69) is 13.0 Å². The second kappa shape index (κ2) is 4.26. The first kappa shape index (κ1) is 11.1. The number of carbonyl (C=O) groups is 1. The van der Waals surface area contributed by atoms with E-state index in [1.165, 1.54) is 18.2 Å². The van der Waals surface area contributed by atoms with E-state index >= 15 is 0 Å². The number of ether oxygens (including phenoxy) is 2. The monoisotopic (exact) mass is 220 g/mol. The van der Waals surface area contributed by atoms with Crippen LogP contribution in [0.1, 0.15) is 29.7 Å². The van der Waals surface area contributed by atoms with Crippen molar-refractivity contribution in [3.63, 3.8) is 0 Å². The summed E-state index contributed by atoms with van der Waals surface area (Å²) in [6.45, 7) is 4.04. The van der Waals surface area contributed by atoms with Gasteiger partial charge < -0.3 is 9.47 Å². The summed E-state index contributed by atoms with van der Waals surface area (Å²) >= 11 is 0. The van der Waals surface area contributed by atoms with Gasteiger partial charge in [-0.1, -0.05) is 18.2 Å². The molecule has 0 saturated heterocycles. The molecular formula is C13H16O3. The van der Waals surface area contributed by atoms with Crippen LogP contribution in [-0.2, 0) is 20.7 Å². The smallest absolute Gasteiger partial charge is 0.339 e. The van der Waals surface area contributed by atoms with Crippen LogP contribution in [0, 0.1) is 6.92 Å². The number of fused-ring (bicyclic) bond motifs is 1. The van der Waals surface area contributed by atoms with Gasteiger partial charge in [0, 0.05) is 0 Å². The van der Waals surface area contributed by atoms with Crippen molar-refractivity contribution in [1.82, 2.24) is 0 Å². The van der Waals surface area contributed by atoms with E-state index in [9.17, 15) is 4.79 Å². The molecular weight excluding hydrogens is 204 g/mol. The fraction of sp³-hybridized carbons (Fsp3) is 0.462. The molecule has 0 amide bonds. The second-order valence-electron chi connectivity index (χ2n) is 4.20. The number of hydrogen-bond donors (Lipinski definition) is 0. The topological polar surface area (TPSA) is 35.5 Å². The van der Waals surface area contributed by atoms with Crippen molar-refractivity contribution in [3.05, 3.63) is 34.9 Å². The van der Waals surface area contributed by atoms with Crippen LogP contribution >= 0.6 is 0 Å². The SMILES string of the molecule is COC(=O)C1O[C@H](C)Cc2c(C)cccc21. The summed E-state index contributed by atoms with van der Waals surface area (Å²) in [5.41, 5.74) is 3.38. The lowest BCUT2D eigenvalue weighted by molar-refractivity contribution is -0.159. The van der Waals surface area contributed by atoms with Crippen LogP contribution in [0.15, 0.2) is 18.2 Å². The van der Waals surface area contributed by atoms with Gasteiger partial charge in [-0.2, -0.15) is 0 Å². The van der Waals surface area contributed by atoms with Gasteiger partial charge in [-0.3, -0.25) is 0 Å². The number of esters is 1. The molecule has 0 fully saturated rings. The van der Waals surface area contributed by atoms with E-state index < -0.39 is 6.10 Å². The summed E-state index contributed by atoms with van der Waals surface area (Å²) < 4.78 is 10.4. The van der Waals surface area contributed by atoms with Crippen molar-refractivity contribution in [2.45, 2.75) is 32.5 Å². The normalized spacial score (nSPS) is 23.7. The molecule has 0 aliphatic carbocycles. The molecule has 0 bridgehead atoms. The number of rotatable bonds is 1. The number of aryl methyl sites for hydroxylation is 1. The van der Waals surface area contributed by atoms with E-state index in [1.54, 1.807) is 0 Å². The third-order valence-corrected chi connectivity index (χ3v) is 3.00. The molecule has 3 nitrogen and oxygen atoms in total. The van der Waals surface area contributed by atoms with Crippen LogP contribution in [0.5, 0.6) is 0 Å². The van der Waals surface area contributed by atoms with Crippen molar-refractivity contribution >= 4 is 5.97 Å². The highest BCUT2D eigenvalue weighted by atomic mass is 16.6. The van der Waals surface area contributed by atoms with Gasteiger partial charge >= 0.3 is 5.97 Å². The number of benzene rings is 1. The van der Waals surface area contributed by atoms with Gasteiger partial charge in [0.15, 0.2) is 6.10 Å². The Morgan fingerprint density at radius 3 is 2.94 bits per heavy atom. The van der Waals surface area contributed by atoms with Crippen molar-refractivity contribution in [2.75, 3.05) is 7.11 Å². The molecule has 2 atom stereocenters. The van der Waals surface area contributed by atoms with E-state index in [0.717, 1.165) is 12.0 Å². The lowest BCUT2D eigenvalue weighted by Gasteiger charge is -2.29. The minimum Gasteiger partial charge on any atom is -0.467 e. The highest BCUT2D eigenvalue weighted by molar-refractivity contribution is 5.77. The quantitative estimate of drug-likeness (QED) is 0.680. The first-order chi connectivity index (χ1) is 7.63. The van der Waals surface area contributed by atoms with Crippen molar-refractivity contribution < 1.29 is 14.3 Å². The Balaban J connectivity index is 2.46. The molecule has 1 aliphatic rings. The third-order valence-electron chi connectivity index (χ3n) is 3.00. The second-order valence-corrected chi connectivity index (χ2v) is 4.20. The molecule has 86 valence electrons. The van der Waals surface area contributed by atoms with Gasteiger partial charge in [-0.15, -0.1) is 0 Å². The summed E-state index contributed by atoms with van der Waals surface area (Å²) in [7, 11) is 1.39. The van der Waals surface area contributed by atoms with Crippen molar-refractivity contribution in [1.29, 1.82) is 0 Å². The Morgan fingerprint density at radius 2 is 2.25 bits per heavy atom. The number of carbonyl (C=O) groups excluding carboxylic acids is 1. The number of hydrogen-bond acceptors (Lipinski definition) is 3. The summed E-state index contributed by atoms with van der Waals surface area (Å²) in [6, 6.07) is 5.95. The summed E-state index contributed by atoms with van der Waals surface area (Å²) in [5.74, 6) is -0.321. The standard InChI is InChI=1S/C13H16O3/c1-8-5-4-6-10-11(8)7-9(2)16-12(10)13(14)15-3/h4-6,9,12H,7H2,1-3H3/t9-,12?/m1/s1. The lowest BCUT2D eigenvalue weighted by atomic mass is 9.91. The molecule has 1 aromatic carbocycles. The van der Waals surface area contributed by atoms with Crippen LogP contribution in [0.3, 0.4) is 0 Å². The van der Waals surface area contributed by atoms with Crippen LogP contribution < -0.4 is 0 Å². The fourth-order valence-electron chi connectivity index (χ4n) is 2.18. The minimum atomic E-state index is -0.566. The zero-order valence-corrected chi connectivity index (χ0v) is 9.82. The van der Waals surface area contributed by atoms with Crippen LogP contribution in [-0.4, -0.2) is 19.2 Å². The average molecular weight is 220 g/mol. The highest BCUT2D eigenvalue weighted by Gasteiger charge is 2.31.